The van der Waals surface area contributed by atoms with Gasteiger partial charge in [-0.2, -0.15) is 4.73 Å². The van der Waals surface area contributed by atoms with Crippen LogP contribution in [0.3, 0.4) is 0 Å². The highest BCUT2D eigenvalue weighted by atomic mass is 32.2. The molecule has 5 heterocycles. The lowest BCUT2D eigenvalue weighted by molar-refractivity contribution is -0.150. The Morgan fingerprint density at radius 1 is 1.34 bits per heavy atom. The first-order chi connectivity index (χ1) is 19.6. The summed E-state index contributed by atoms with van der Waals surface area (Å²) >= 11 is 4.88. The average molecular weight is 639 g/mol. The number of carboxylic acids is 1. The van der Waals surface area contributed by atoms with Crippen LogP contribution >= 0.6 is 46.4 Å². The molecule has 1 fully saturated rings. The van der Waals surface area contributed by atoms with E-state index in [1.54, 1.807) is 6.20 Å². The number of aromatic nitrogens is 4. The summed E-state index contributed by atoms with van der Waals surface area (Å²) in [5, 5.41) is 40.1. The van der Waals surface area contributed by atoms with Gasteiger partial charge in [-0.1, -0.05) is 9.64 Å². The molecule has 6 N–H and O–H groups in total. The second kappa shape index (κ2) is 11.8. The van der Waals surface area contributed by atoms with E-state index in [-0.39, 0.29) is 27.9 Å². The van der Waals surface area contributed by atoms with E-state index >= 15 is 0 Å². The Bertz CT molecular complexity index is 1640. The van der Waals surface area contributed by atoms with Crippen LogP contribution < -0.4 is 16.5 Å². The summed E-state index contributed by atoms with van der Waals surface area (Å²) < 4.78 is 5.04. The molecule has 1 saturated heterocycles. The first-order valence-electron chi connectivity index (χ1n) is 11.3. The third-order valence-electron chi connectivity index (χ3n) is 5.70. The van der Waals surface area contributed by atoms with Gasteiger partial charge in [-0.3, -0.25) is 19.3 Å². The van der Waals surface area contributed by atoms with Gasteiger partial charge in [0, 0.05) is 23.0 Å². The van der Waals surface area contributed by atoms with Gasteiger partial charge in [0.1, 0.15) is 32.7 Å². The molecular formula is C21H18N8O8S4. The number of pyridine rings is 1. The minimum Gasteiger partial charge on any atom is -0.503 e. The smallest absolute Gasteiger partial charge is 0.352 e. The van der Waals surface area contributed by atoms with Crippen LogP contribution in [0.5, 0.6) is 5.75 Å². The molecule has 20 heteroatoms. The minimum atomic E-state index is -1.25. The van der Waals surface area contributed by atoms with E-state index in [0.29, 0.717) is 21.8 Å². The van der Waals surface area contributed by atoms with Crippen LogP contribution in [0.1, 0.15) is 11.4 Å². The Balaban J connectivity index is 1.31. The molecule has 0 spiro atoms. The number of carbonyl (C=O) groups excluding carboxylic acids is 2. The number of hydrogen-bond acceptors (Lipinski definition) is 16. The molecule has 0 saturated carbocycles. The Labute approximate surface area is 245 Å². The summed E-state index contributed by atoms with van der Waals surface area (Å²) in [6, 6.07) is -0.135. The summed E-state index contributed by atoms with van der Waals surface area (Å²) in [5.41, 5.74) is 4.98. The lowest BCUT2D eigenvalue weighted by Crippen LogP contribution is -2.71. The van der Waals surface area contributed by atoms with Crippen molar-refractivity contribution < 1.29 is 34.6 Å². The predicted molar refractivity (Wildman–Crippen MR) is 148 cm³/mol. The van der Waals surface area contributed by atoms with Crippen molar-refractivity contribution >= 4 is 75.0 Å². The summed E-state index contributed by atoms with van der Waals surface area (Å²) in [5.74, 6) is -2.74. The number of nitrogens with two attached hydrogens (primary N) is 1. The van der Waals surface area contributed by atoms with Gasteiger partial charge < -0.3 is 31.3 Å². The molecule has 2 aliphatic heterocycles. The van der Waals surface area contributed by atoms with Crippen molar-refractivity contribution in [2.45, 2.75) is 22.2 Å². The minimum absolute atomic E-state index is 0.0417. The molecule has 0 unspecified atom stereocenters. The Kier molecular flexibility index (Phi) is 8.15. The zero-order chi connectivity index (χ0) is 29.3. The van der Waals surface area contributed by atoms with E-state index in [1.165, 1.54) is 40.4 Å². The zero-order valence-electron chi connectivity index (χ0n) is 20.4. The number of carbonyl (C=O) groups is 3. The quantitative estimate of drug-likeness (QED) is 0.0653. The van der Waals surface area contributed by atoms with Crippen LogP contribution in [0.2, 0.25) is 0 Å². The standard InChI is InChI=1S/C21H18N8O8S4/c22-21-24-10(7-40-21)14(26-37-4-9-1-11(30)12(31)3-28(9)36)17(32)25-15-18(33)29-16(20(34)35)8(6-39-19(15)29)5-38-13-2-23-27-41-13/h1-3,7,15,19,31,36H,4-6H2,(H2,22,24)(H,25,32)(H,34,35)/t15-,19-/m1/s1. The lowest BCUT2D eigenvalue weighted by atomic mass is 10.0. The van der Waals surface area contributed by atoms with E-state index in [0.717, 1.165) is 32.7 Å². The molecule has 214 valence electrons. The Hall–Kier alpha value is -4.14. The summed E-state index contributed by atoms with van der Waals surface area (Å²) in [6.45, 7) is -0.470. The monoisotopic (exact) mass is 638 g/mol. The largest absolute Gasteiger partial charge is 0.503 e. The van der Waals surface area contributed by atoms with Crippen molar-refractivity contribution in [2.24, 2.45) is 5.16 Å². The molecular weight excluding hydrogens is 621 g/mol. The topological polar surface area (TPSA) is 235 Å². The van der Waals surface area contributed by atoms with Crippen LogP contribution in [0.25, 0.3) is 0 Å². The number of aromatic hydroxyl groups is 1. The van der Waals surface area contributed by atoms with Gasteiger partial charge >= 0.3 is 5.97 Å². The van der Waals surface area contributed by atoms with Crippen LogP contribution in [0.15, 0.2) is 49.3 Å². The van der Waals surface area contributed by atoms with Crippen molar-refractivity contribution in [3.8, 4) is 5.75 Å². The number of amides is 2. The second-order valence-electron chi connectivity index (χ2n) is 8.29. The highest BCUT2D eigenvalue weighted by Gasteiger charge is 2.54. The van der Waals surface area contributed by atoms with Crippen molar-refractivity contribution in [1.29, 1.82) is 0 Å². The number of aliphatic carboxylic acids is 1. The van der Waals surface area contributed by atoms with Crippen LogP contribution in [0.4, 0.5) is 5.13 Å². The number of thiazole rings is 1. The molecule has 0 aromatic carbocycles. The number of fused-ring (bicyclic) bond motifs is 1. The molecule has 0 bridgehead atoms. The highest BCUT2D eigenvalue weighted by molar-refractivity contribution is 8.01. The summed E-state index contributed by atoms with van der Waals surface area (Å²) in [4.78, 5) is 60.4. The fraction of sp³-hybridized carbons (Fsp3) is 0.238. The van der Waals surface area contributed by atoms with Crippen LogP contribution in [0, 0.1) is 0 Å². The van der Waals surface area contributed by atoms with Crippen molar-refractivity contribution in [2.75, 3.05) is 17.2 Å². The number of nitrogens with one attached hydrogen (secondary N) is 1. The van der Waals surface area contributed by atoms with E-state index < -0.39 is 47.0 Å². The molecule has 2 amide bonds. The number of carboxylic acid groups (broad SMARTS) is 1. The van der Waals surface area contributed by atoms with Crippen LogP contribution in [-0.4, -0.2) is 86.0 Å². The zero-order valence-corrected chi connectivity index (χ0v) is 23.6. The second-order valence-corrected chi connectivity index (χ2v) is 12.3. The molecule has 2 aliphatic rings. The molecule has 3 aromatic heterocycles. The maximum Gasteiger partial charge on any atom is 0.352 e. The van der Waals surface area contributed by atoms with Crippen molar-refractivity contribution in [3.05, 3.63) is 56.7 Å². The molecule has 3 aromatic rings. The third-order valence-corrected chi connectivity index (χ3v) is 9.64. The fourth-order valence-corrected chi connectivity index (χ4v) is 7.27. The molecule has 5 rings (SSSR count). The average Bonchev–Trinajstić information content (AvgIpc) is 3.62. The van der Waals surface area contributed by atoms with E-state index in [4.69, 9.17) is 10.6 Å². The SMILES string of the molecule is Nc1nc(C(=NOCc2cc(=O)c(O)cn2O)C(=O)N[C@@H]2C(=O)N3C(C(=O)O)=C(CSc4cnns4)CS[C@H]23)cs1. The number of oxime groups is 1. The first kappa shape index (κ1) is 28.4. The van der Waals surface area contributed by atoms with Gasteiger partial charge in [0.05, 0.1) is 12.4 Å². The first-order valence-corrected chi connectivity index (χ1v) is 15.0. The number of anilines is 1. The van der Waals surface area contributed by atoms with Crippen LogP contribution in [-0.2, 0) is 25.8 Å². The van der Waals surface area contributed by atoms with E-state index in [1.807, 2.05) is 0 Å². The molecule has 2 atom stereocenters. The number of hydrogen-bond donors (Lipinski definition) is 5. The number of thioether (sulfide) groups is 2. The van der Waals surface area contributed by atoms with Crippen molar-refractivity contribution in [1.82, 2.24) is 29.5 Å². The molecule has 41 heavy (non-hydrogen) atoms. The van der Waals surface area contributed by atoms with Crippen molar-refractivity contribution in [3.63, 3.8) is 0 Å². The van der Waals surface area contributed by atoms with E-state index in [9.17, 15) is 34.6 Å². The summed E-state index contributed by atoms with van der Waals surface area (Å²) in [7, 11) is 0. The molecule has 0 radical (unpaired) electrons. The third kappa shape index (κ3) is 5.85. The molecule has 0 aliphatic carbocycles. The van der Waals surface area contributed by atoms with E-state index in [2.05, 4.69) is 25.0 Å². The normalized spacial score (nSPS) is 18.6. The predicted octanol–water partition coefficient (Wildman–Crippen LogP) is 0.133. The maximum atomic E-state index is 13.2. The number of β-lactam (4-membered cyclic amide) rings is 1. The van der Waals surface area contributed by atoms with Gasteiger partial charge in [-0.05, 0) is 17.1 Å². The van der Waals surface area contributed by atoms with Gasteiger partial charge in [0.15, 0.2) is 23.2 Å². The number of rotatable bonds is 10. The fourth-order valence-electron chi connectivity index (χ4n) is 3.81. The summed E-state index contributed by atoms with van der Waals surface area (Å²) in [6.07, 6.45) is 2.34. The number of nitrogens with zero attached hydrogens (tertiary/aromatic N) is 6. The van der Waals surface area contributed by atoms with Gasteiger partial charge in [-0.25, -0.2) is 9.78 Å². The van der Waals surface area contributed by atoms with Gasteiger partial charge in [0.2, 0.25) is 5.43 Å². The maximum absolute atomic E-state index is 13.2. The van der Waals surface area contributed by atoms with Gasteiger partial charge in [0.25, 0.3) is 11.8 Å². The van der Waals surface area contributed by atoms with Gasteiger partial charge in [-0.15, -0.1) is 40.0 Å². The Morgan fingerprint density at radius 3 is 2.83 bits per heavy atom. The molecule has 16 nitrogen and oxygen atoms in total. The highest BCUT2D eigenvalue weighted by Crippen LogP contribution is 2.41. The lowest BCUT2D eigenvalue weighted by Gasteiger charge is -2.49. The number of nitrogen functional groups attached to an aromatic ring is 1. The Morgan fingerprint density at radius 2 is 2.15 bits per heavy atom.